The van der Waals surface area contributed by atoms with Crippen molar-refractivity contribution in [3.05, 3.63) is 89.6 Å². The molecule has 190 valence electrons. The largest absolute Gasteiger partial charge is 0.481 e. The number of carbonyl (C=O) groups excluding carboxylic acids is 2. The van der Waals surface area contributed by atoms with Crippen molar-refractivity contribution < 1.29 is 24.2 Å². The van der Waals surface area contributed by atoms with Crippen LogP contribution in [-0.2, 0) is 14.3 Å². The summed E-state index contributed by atoms with van der Waals surface area (Å²) in [5.74, 6) is -1.24. The van der Waals surface area contributed by atoms with E-state index in [1.54, 1.807) is 29.7 Å². The second-order valence-corrected chi connectivity index (χ2v) is 8.51. The van der Waals surface area contributed by atoms with Crippen molar-refractivity contribution in [3.63, 3.8) is 0 Å². The molecule has 0 spiro atoms. The van der Waals surface area contributed by atoms with Crippen LogP contribution in [0.25, 0.3) is 16.9 Å². The molecule has 1 amide bonds. The van der Waals surface area contributed by atoms with E-state index in [2.05, 4.69) is 10.6 Å². The number of imidazole rings is 1. The molecule has 0 aliphatic rings. The van der Waals surface area contributed by atoms with Gasteiger partial charge in [0.15, 0.2) is 0 Å². The molecule has 9 heteroatoms. The highest BCUT2D eigenvalue weighted by Crippen LogP contribution is 2.29. The Labute approximate surface area is 214 Å². The quantitative estimate of drug-likeness (QED) is 0.279. The van der Waals surface area contributed by atoms with Crippen LogP contribution in [0.15, 0.2) is 72.9 Å². The van der Waals surface area contributed by atoms with Gasteiger partial charge < -0.3 is 20.5 Å². The normalized spacial score (nSPS) is 11.6. The number of aryl methyl sites for hydroxylation is 1. The van der Waals surface area contributed by atoms with E-state index < -0.39 is 23.9 Å². The Bertz CT molecular complexity index is 1410. The number of fused-ring (bicyclic) bond motifs is 1. The fourth-order valence-corrected chi connectivity index (χ4v) is 3.99. The summed E-state index contributed by atoms with van der Waals surface area (Å²) >= 11 is 0. The Morgan fingerprint density at radius 3 is 2.46 bits per heavy atom. The molecule has 0 radical (unpaired) electrons. The molecule has 0 saturated carbocycles. The van der Waals surface area contributed by atoms with Crippen molar-refractivity contribution in [2.24, 2.45) is 0 Å². The van der Waals surface area contributed by atoms with Gasteiger partial charge in [-0.1, -0.05) is 60.2 Å². The molecule has 1 unspecified atom stereocenters. The van der Waals surface area contributed by atoms with Crippen LogP contribution in [0.4, 0.5) is 5.82 Å². The van der Waals surface area contributed by atoms with Gasteiger partial charge in [0.05, 0.1) is 19.1 Å². The van der Waals surface area contributed by atoms with Gasteiger partial charge in [0.1, 0.15) is 23.7 Å². The van der Waals surface area contributed by atoms with Crippen LogP contribution in [0.3, 0.4) is 0 Å². The summed E-state index contributed by atoms with van der Waals surface area (Å²) in [7, 11) is 0. The lowest BCUT2D eigenvalue weighted by Crippen LogP contribution is -2.30. The minimum absolute atomic E-state index is 0.0445. The number of nitrogens with zero attached hydrogens (tertiary/aromatic N) is 2. The lowest BCUT2D eigenvalue weighted by atomic mass is 10.0. The zero-order valence-electron chi connectivity index (χ0n) is 20.6. The Kier molecular flexibility index (Phi) is 7.83. The molecule has 2 aromatic carbocycles. The molecule has 0 saturated heterocycles. The van der Waals surface area contributed by atoms with Gasteiger partial charge in [0.25, 0.3) is 5.91 Å². The molecular weight excluding hydrogens is 472 g/mol. The maximum Gasteiger partial charge on any atom is 0.325 e. The van der Waals surface area contributed by atoms with Crippen LogP contribution >= 0.6 is 0 Å². The van der Waals surface area contributed by atoms with Crippen LogP contribution in [0.1, 0.15) is 40.9 Å². The van der Waals surface area contributed by atoms with Crippen molar-refractivity contribution in [2.75, 3.05) is 18.5 Å². The summed E-state index contributed by atoms with van der Waals surface area (Å²) in [4.78, 5) is 41.3. The summed E-state index contributed by atoms with van der Waals surface area (Å²) in [6.07, 6.45) is 1.44. The van der Waals surface area contributed by atoms with Crippen molar-refractivity contribution >= 4 is 29.3 Å². The highest BCUT2D eigenvalue weighted by atomic mass is 16.5. The first-order chi connectivity index (χ1) is 17.9. The number of carboxylic acids is 1. The molecule has 4 aromatic rings. The summed E-state index contributed by atoms with van der Waals surface area (Å²) in [6, 6.07) is 19.4. The number of esters is 1. The number of hydrogen-bond donors (Lipinski definition) is 3. The second kappa shape index (κ2) is 11.4. The Morgan fingerprint density at radius 1 is 1.05 bits per heavy atom. The molecule has 2 heterocycles. The van der Waals surface area contributed by atoms with Crippen LogP contribution in [-0.4, -0.2) is 45.5 Å². The molecular formula is C28H28N4O5. The van der Waals surface area contributed by atoms with Gasteiger partial charge in [0.2, 0.25) is 0 Å². The average molecular weight is 501 g/mol. The van der Waals surface area contributed by atoms with Gasteiger partial charge >= 0.3 is 11.9 Å². The molecule has 0 aliphatic heterocycles. The van der Waals surface area contributed by atoms with E-state index >= 15 is 0 Å². The van der Waals surface area contributed by atoms with Crippen molar-refractivity contribution in [3.8, 4) is 11.3 Å². The summed E-state index contributed by atoms with van der Waals surface area (Å²) in [5, 5.41) is 15.3. The van der Waals surface area contributed by atoms with Gasteiger partial charge in [-0.15, -0.1) is 0 Å². The topological polar surface area (TPSA) is 122 Å². The number of benzene rings is 2. The molecule has 0 fully saturated rings. The third-order valence-electron chi connectivity index (χ3n) is 5.80. The molecule has 37 heavy (non-hydrogen) atoms. The van der Waals surface area contributed by atoms with Gasteiger partial charge in [0, 0.05) is 17.3 Å². The second-order valence-electron chi connectivity index (χ2n) is 8.51. The Morgan fingerprint density at radius 2 is 1.78 bits per heavy atom. The van der Waals surface area contributed by atoms with E-state index in [0.717, 1.165) is 11.1 Å². The number of carbonyl (C=O) groups is 3. The fourth-order valence-electron chi connectivity index (χ4n) is 3.99. The molecule has 1 atom stereocenters. The number of aliphatic carboxylic acids is 1. The fraction of sp³-hybridized carbons (Fsp3) is 0.214. The van der Waals surface area contributed by atoms with Crippen molar-refractivity contribution in [1.29, 1.82) is 0 Å². The number of rotatable bonds is 10. The summed E-state index contributed by atoms with van der Waals surface area (Å²) in [5.41, 5.74) is 4.02. The smallest absolute Gasteiger partial charge is 0.325 e. The van der Waals surface area contributed by atoms with Gasteiger partial charge in [-0.3, -0.25) is 18.8 Å². The van der Waals surface area contributed by atoms with Crippen LogP contribution in [0.2, 0.25) is 0 Å². The number of ether oxygens (including phenoxy) is 1. The lowest BCUT2D eigenvalue weighted by Gasteiger charge is -2.18. The van der Waals surface area contributed by atoms with E-state index in [1.807, 2.05) is 61.5 Å². The number of nitrogens with one attached hydrogen (secondary N) is 2. The number of amides is 1. The molecule has 0 aliphatic carbocycles. The molecule has 9 nitrogen and oxygen atoms in total. The van der Waals surface area contributed by atoms with Crippen molar-refractivity contribution in [2.45, 2.75) is 26.3 Å². The predicted molar refractivity (Wildman–Crippen MR) is 139 cm³/mol. The molecule has 2 aromatic heterocycles. The van der Waals surface area contributed by atoms with Crippen molar-refractivity contribution in [1.82, 2.24) is 14.7 Å². The summed E-state index contributed by atoms with van der Waals surface area (Å²) in [6.45, 7) is 3.92. The third kappa shape index (κ3) is 6.13. The number of aromatic nitrogens is 2. The highest BCUT2D eigenvalue weighted by molar-refractivity contribution is 5.96. The van der Waals surface area contributed by atoms with E-state index in [9.17, 15) is 19.5 Å². The number of anilines is 1. The van der Waals surface area contributed by atoms with E-state index in [0.29, 0.717) is 28.3 Å². The Balaban J connectivity index is 1.65. The first-order valence-corrected chi connectivity index (χ1v) is 11.9. The maximum atomic E-state index is 13.2. The Hall–Kier alpha value is -4.66. The molecule has 0 bridgehead atoms. The van der Waals surface area contributed by atoms with E-state index in [4.69, 9.17) is 9.72 Å². The minimum Gasteiger partial charge on any atom is -0.481 e. The van der Waals surface area contributed by atoms with Crippen LogP contribution in [0, 0.1) is 6.92 Å². The SMILES string of the molecule is CCOC(=O)CNc1c(-c2ccccc2)nc2cc(C(=O)NC(CC(=O)O)c3ccc(C)cc3)ccn12. The first kappa shape index (κ1) is 25.4. The maximum absolute atomic E-state index is 13.2. The lowest BCUT2D eigenvalue weighted by molar-refractivity contribution is -0.141. The molecule has 4 rings (SSSR count). The predicted octanol–water partition coefficient (Wildman–Crippen LogP) is 4.23. The average Bonchev–Trinajstić information content (AvgIpc) is 3.25. The van der Waals surface area contributed by atoms with Crippen LogP contribution < -0.4 is 10.6 Å². The van der Waals surface area contributed by atoms with E-state index in [1.165, 1.54) is 0 Å². The zero-order chi connectivity index (χ0) is 26.4. The zero-order valence-corrected chi connectivity index (χ0v) is 20.6. The summed E-state index contributed by atoms with van der Waals surface area (Å²) < 4.78 is 6.79. The van der Waals surface area contributed by atoms with Crippen LogP contribution in [0.5, 0.6) is 0 Å². The number of pyridine rings is 1. The standard InChI is InChI=1S/C28H28N4O5/c1-3-37-25(35)17-29-27-26(20-7-5-4-6-8-20)31-23-15-21(13-14-32(23)27)28(36)30-22(16-24(33)34)19-11-9-18(2)10-12-19/h4-15,22,29H,3,16-17H2,1-2H3,(H,30,36)(H,33,34). The number of carboxylic acid groups (broad SMARTS) is 1. The van der Waals surface area contributed by atoms with E-state index in [-0.39, 0.29) is 19.6 Å². The monoisotopic (exact) mass is 500 g/mol. The first-order valence-electron chi connectivity index (χ1n) is 11.9. The molecule has 3 N–H and O–H groups in total. The number of hydrogen-bond acceptors (Lipinski definition) is 6. The van der Waals surface area contributed by atoms with Gasteiger partial charge in [-0.2, -0.15) is 0 Å². The highest BCUT2D eigenvalue weighted by Gasteiger charge is 2.21. The third-order valence-corrected chi connectivity index (χ3v) is 5.80. The minimum atomic E-state index is -1.01. The van der Waals surface area contributed by atoms with Gasteiger partial charge in [-0.25, -0.2) is 4.98 Å². The van der Waals surface area contributed by atoms with Gasteiger partial charge in [-0.05, 0) is 31.5 Å².